The summed E-state index contributed by atoms with van der Waals surface area (Å²) in [6, 6.07) is 3.33. The Morgan fingerprint density at radius 3 is 2.79 bits per heavy atom. The molecule has 106 valence electrons. The molecule has 0 aromatic heterocycles. The minimum absolute atomic E-state index is 0.00146. The van der Waals surface area contributed by atoms with Crippen LogP contribution in [0.5, 0.6) is 5.75 Å². The van der Waals surface area contributed by atoms with E-state index >= 15 is 0 Å². The number of sulfonamides is 1. The summed E-state index contributed by atoms with van der Waals surface area (Å²) < 4.78 is 46.5. The number of hydrogen-bond donors (Lipinski definition) is 1. The number of benzene rings is 1. The van der Waals surface area contributed by atoms with Gasteiger partial charge in [0.05, 0.1) is 11.0 Å². The van der Waals surface area contributed by atoms with Crippen molar-refractivity contribution in [1.29, 1.82) is 0 Å². The molecule has 19 heavy (non-hydrogen) atoms. The number of ether oxygens (including phenoxy) is 2. The first-order valence-electron chi connectivity index (χ1n) is 6.03. The van der Waals surface area contributed by atoms with Gasteiger partial charge in [0.2, 0.25) is 10.0 Å². The second-order valence-electron chi connectivity index (χ2n) is 4.44. The van der Waals surface area contributed by atoms with Crippen LogP contribution in [0.2, 0.25) is 0 Å². The van der Waals surface area contributed by atoms with E-state index in [-0.39, 0.29) is 23.4 Å². The highest BCUT2D eigenvalue weighted by Crippen LogP contribution is 2.22. The summed E-state index contributed by atoms with van der Waals surface area (Å²) >= 11 is 0. The predicted octanol–water partition coefficient (Wildman–Crippen LogP) is 1.42. The maximum Gasteiger partial charge on any atom is 0.238 e. The third-order valence-electron chi connectivity index (χ3n) is 2.93. The number of nitrogens with two attached hydrogens (primary N) is 1. The van der Waals surface area contributed by atoms with Gasteiger partial charge in [0, 0.05) is 6.61 Å². The van der Waals surface area contributed by atoms with Gasteiger partial charge in [-0.1, -0.05) is 0 Å². The Bertz CT molecular complexity index is 541. The highest BCUT2D eigenvalue weighted by molar-refractivity contribution is 7.89. The first-order valence-corrected chi connectivity index (χ1v) is 7.58. The smallest absolute Gasteiger partial charge is 0.238 e. The lowest BCUT2D eigenvalue weighted by Crippen LogP contribution is -2.26. The van der Waals surface area contributed by atoms with Crippen LogP contribution in [0.3, 0.4) is 0 Å². The molecular formula is C12H16FNO4S. The lowest BCUT2D eigenvalue weighted by molar-refractivity contribution is -0.0117. The van der Waals surface area contributed by atoms with E-state index in [1.807, 2.05) is 0 Å². The van der Waals surface area contributed by atoms with Crippen molar-refractivity contribution in [2.24, 2.45) is 5.14 Å². The van der Waals surface area contributed by atoms with Gasteiger partial charge >= 0.3 is 0 Å². The van der Waals surface area contributed by atoms with E-state index in [0.717, 1.165) is 25.3 Å². The van der Waals surface area contributed by atoms with Gasteiger partial charge in [-0.15, -0.1) is 0 Å². The minimum atomic E-state index is -3.90. The third kappa shape index (κ3) is 3.89. The summed E-state index contributed by atoms with van der Waals surface area (Å²) in [7, 11) is -3.90. The molecule has 0 bridgehead atoms. The van der Waals surface area contributed by atoms with Crippen LogP contribution in [0.25, 0.3) is 0 Å². The third-order valence-corrected chi connectivity index (χ3v) is 3.84. The van der Waals surface area contributed by atoms with Gasteiger partial charge in [-0.25, -0.2) is 17.9 Å². The van der Waals surface area contributed by atoms with Crippen LogP contribution >= 0.6 is 0 Å². The van der Waals surface area contributed by atoms with Crippen molar-refractivity contribution in [2.45, 2.75) is 30.3 Å². The summed E-state index contributed by atoms with van der Waals surface area (Å²) in [5, 5.41) is 4.91. The van der Waals surface area contributed by atoms with Gasteiger partial charge in [0.1, 0.15) is 6.61 Å². The quantitative estimate of drug-likeness (QED) is 0.909. The summed E-state index contributed by atoms with van der Waals surface area (Å²) in [5.41, 5.74) is 0. The summed E-state index contributed by atoms with van der Waals surface area (Å²) in [6.07, 6.45) is 2.96. The topological polar surface area (TPSA) is 78.6 Å². The largest absolute Gasteiger partial charge is 0.488 e. The molecule has 7 heteroatoms. The molecule has 0 radical (unpaired) electrons. The van der Waals surface area contributed by atoms with Crippen molar-refractivity contribution in [3.05, 3.63) is 24.0 Å². The lowest BCUT2D eigenvalue weighted by atomic mass is 10.1. The standard InChI is InChI=1S/C12H16FNO4S/c13-11-7-10(19(14,15)16)4-5-12(11)18-8-9-3-1-2-6-17-9/h4-5,7,9H,1-3,6,8H2,(H2,14,15,16). The highest BCUT2D eigenvalue weighted by Gasteiger charge is 2.16. The van der Waals surface area contributed by atoms with Crippen LogP contribution in [0.4, 0.5) is 4.39 Å². The fourth-order valence-corrected chi connectivity index (χ4v) is 2.42. The molecule has 2 N–H and O–H groups in total. The van der Waals surface area contributed by atoms with E-state index < -0.39 is 15.8 Å². The number of primary sulfonamides is 1. The van der Waals surface area contributed by atoms with Gasteiger partial charge in [-0.3, -0.25) is 0 Å². The first-order chi connectivity index (χ1) is 8.97. The molecule has 1 saturated heterocycles. The monoisotopic (exact) mass is 289 g/mol. The van der Waals surface area contributed by atoms with Gasteiger partial charge in [0.15, 0.2) is 11.6 Å². The molecule has 0 amide bonds. The molecule has 0 aliphatic carbocycles. The van der Waals surface area contributed by atoms with Crippen molar-refractivity contribution < 1.29 is 22.3 Å². The van der Waals surface area contributed by atoms with Crippen LogP contribution in [0.1, 0.15) is 19.3 Å². The van der Waals surface area contributed by atoms with Crippen LogP contribution in [-0.4, -0.2) is 27.7 Å². The van der Waals surface area contributed by atoms with Crippen molar-refractivity contribution in [3.8, 4) is 5.75 Å². The van der Waals surface area contributed by atoms with E-state index in [2.05, 4.69) is 0 Å². The number of halogens is 1. The Morgan fingerprint density at radius 2 is 2.21 bits per heavy atom. The second-order valence-corrected chi connectivity index (χ2v) is 6.00. The fourth-order valence-electron chi connectivity index (χ4n) is 1.90. The molecule has 1 aromatic carbocycles. The predicted molar refractivity (Wildman–Crippen MR) is 66.9 cm³/mol. The average Bonchev–Trinajstić information content (AvgIpc) is 2.37. The molecule has 1 aromatic rings. The summed E-state index contributed by atoms with van der Waals surface area (Å²) in [4.78, 5) is -0.272. The number of rotatable bonds is 4. The minimum Gasteiger partial charge on any atom is -0.488 e. The van der Waals surface area contributed by atoms with Crippen molar-refractivity contribution in [1.82, 2.24) is 0 Å². The summed E-state index contributed by atoms with van der Waals surface area (Å²) in [5.74, 6) is -0.746. The molecule has 2 rings (SSSR count). The Kier molecular flexibility index (Phi) is 4.38. The van der Waals surface area contributed by atoms with E-state index in [4.69, 9.17) is 14.6 Å². The average molecular weight is 289 g/mol. The zero-order valence-corrected chi connectivity index (χ0v) is 11.2. The van der Waals surface area contributed by atoms with Crippen LogP contribution in [0.15, 0.2) is 23.1 Å². The van der Waals surface area contributed by atoms with Crippen LogP contribution < -0.4 is 9.88 Å². The van der Waals surface area contributed by atoms with Gasteiger partial charge in [0.25, 0.3) is 0 Å². The maximum absolute atomic E-state index is 13.6. The molecule has 1 aliphatic heterocycles. The molecule has 1 atom stereocenters. The van der Waals surface area contributed by atoms with Crippen LogP contribution in [-0.2, 0) is 14.8 Å². The maximum atomic E-state index is 13.6. The fraction of sp³-hybridized carbons (Fsp3) is 0.500. The molecule has 0 saturated carbocycles. The molecule has 1 aliphatic rings. The Hall–Kier alpha value is -1.18. The molecular weight excluding hydrogens is 273 g/mol. The van der Waals surface area contributed by atoms with E-state index in [1.54, 1.807) is 0 Å². The molecule has 1 unspecified atom stereocenters. The zero-order chi connectivity index (χ0) is 13.9. The van der Waals surface area contributed by atoms with E-state index in [9.17, 15) is 12.8 Å². The highest BCUT2D eigenvalue weighted by atomic mass is 32.2. The number of hydrogen-bond acceptors (Lipinski definition) is 4. The normalized spacial score (nSPS) is 20.2. The second kappa shape index (κ2) is 5.85. The Labute approximate surface area is 111 Å². The van der Waals surface area contributed by atoms with E-state index in [1.165, 1.54) is 12.1 Å². The van der Waals surface area contributed by atoms with Crippen LogP contribution in [0, 0.1) is 5.82 Å². The molecule has 1 fully saturated rings. The lowest BCUT2D eigenvalue weighted by Gasteiger charge is -2.22. The molecule has 1 heterocycles. The first kappa shape index (κ1) is 14.2. The van der Waals surface area contributed by atoms with Gasteiger partial charge in [-0.2, -0.15) is 0 Å². The Balaban J connectivity index is 2.01. The van der Waals surface area contributed by atoms with E-state index in [0.29, 0.717) is 6.61 Å². The van der Waals surface area contributed by atoms with Gasteiger partial charge < -0.3 is 9.47 Å². The van der Waals surface area contributed by atoms with Crippen molar-refractivity contribution in [2.75, 3.05) is 13.2 Å². The van der Waals surface area contributed by atoms with Gasteiger partial charge in [-0.05, 0) is 37.5 Å². The molecule has 5 nitrogen and oxygen atoms in total. The SMILES string of the molecule is NS(=O)(=O)c1ccc(OCC2CCCCO2)c(F)c1. The zero-order valence-electron chi connectivity index (χ0n) is 10.3. The van der Waals surface area contributed by atoms with Crippen molar-refractivity contribution in [3.63, 3.8) is 0 Å². The Morgan fingerprint density at radius 1 is 1.42 bits per heavy atom. The van der Waals surface area contributed by atoms with Crippen molar-refractivity contribution >= 4 is 10.0 Å². The summed E-state index contributed by atoms with van der Waals surface area (Å²) in [6.45, 7) is 0.951. The molecule has 0 spiro atoms.